The highest BCUT2D eigenvalue weighted by molar-refractivity contribution is 5.77. The molecule has 18 heavy (non-hydrogen) atoms. The standard InChI is InChI=1S/C15H20N2O/c1-11-7-14-15(8-12(11)2)17(10-16-14)9-13-5-3-4-6-18-13/h7-8,10,13H,3-6,9H2,1-2H3. The molecule has 0 spiro atoms. The lowest BCUT2D eigenvalue weighted by atomic mass is 10.1. The van der Waals surface area contributed by atoms with Crippen LogP contribution in [0.5, 0.6) is 0 Å². The van der Waals surface area contributed by atoms with Crippen molar-refractivity contribution in [3.8, 4) is 0 Å². The first-order chi connectivity index (χ1) is 8.74. The first-order valence-corrected chi connectivity index (χ1v) is 6.78. The van der Waals surface area contributed by atoms with Gasteiger partial charge in [-0.3, -0.25) is 0 Å². The molecule has 1 aromatic carbocycles. The number of imidazole rings is 1. The lowest BCUT2D eigenvalue weighted by Gasteiger charge is -2.23. The molecular formula is C15H20N2O. The van der Waals surface area contributed by atoms with Crippen LogP contribution in [0.3, 0.4) is 0 Å². The number of ether oxygens (including phenoxy) is 1. The highest BCUT2D eigenvalue weighted by Gasteiger charge is 2.15. The molecule has 1 atom stereocenters. The summed E-state index contributed by atoms with van der Waals surface area (Å²) >= 11 is 0. The molecule has 3 rings (SSSR count). The summed E-state index contributed by atoms with van der Waals surface area (Å²) in [6.45, 7) is 6.13. The molecule has 3 heteroatoms. The fourth-order valence-corrected chi connectivity index (χ4v) is 2.63. The summed E-state index contributed by atoms with van der Waals surface area (Å²) in [5.74, 6) is 0. The molecule has 2 heterocycles. The molecule has 0 amide bonds. The summed E-state index contributed by atoms with van der Waals surface area (Å²) < 4.78 is 8.04. The van der Waals surface area contributed by atoms with E-state index in [0.717, 1.165) is 18.7 Å². The molecule has 2 aromatic rings. The lowest BCUT2D eigenvalue weighted by Crippen LogP contribution is -2.24. The molecule has 3 nitrogen and oxygen atoms in total. The van der Waals surface area contributed by atoms with Crippen LogP contribution < -0.4 is 0 Å². The quantitative estimate of drug-likeness (QED) is 0.811. The Morgan fingerprint density at radius 2 is 2.11 bits per heavy atom. The van der Waals surface area contributed by atoms with Gasteiger partial charge in [0.25, 0.3) is 0 Å². The van der Waals surface area contributed by atoms with E-state index < -0.39 is 0 Å². The van der Waals surface area contributed by atoms with E-state index in [2.05, 4.69) is 35.5 Å². The van der Waals surface area contributed by atoms with Crippen molar-refractivity contribution in [3.05, 3.63) is 29.6 Å². The molecular weight excluding hydrogens is 224 g/mol. The first-order valence-electron chi connectivity index (χ1n) is 6.78. The average molecular weight is 244 g/mol. The second-order valence-electron chi connectivity index (χ2n) is 5.31. The molecule has 96 valence electrons. The van der Waals surface area contributed by atoms with E-state index in [1.807, 2.05) is 6.33 Å². The van der Waals surface area contributed by atoms with Crippen molar-refractivity contribution in [1.29, 1.82) is 0 Å². The molecule has 1 aliphatic rings. The zero-order valence-corrected chi connectivity index (χ0v) is 11.1. The Bertz CT molecular complexity index is 553. The summed E-state index contributed by atoms with van der Waals surface area (Å²) in [4.78, 5) is 4.49. The first kappa shape index (κ1) is 11.7. The topological polar surface area (TPSA) is 27.1 Å². The number of fused-ring (bicyclic) bond motifs is 1. The van der Waals surface area contributed by atoms with E-state index in [4.69, 9.17) is 4.74 Å². The van der Waals surface area contributed by atoms with Gasteiger partial charge in [0, 0.05) is 6.61 Å². The van der Waals surface area contributed by atoms with Crippen LogP contribution in [0.2, 0.25) is 0 Å². The number of aromatic nitrogens is 2. The summed E-state index contributed by atoms with van der Waals surface area (Å²) in [5, 5.41) is 0. The summed E-state index contributed by atoms with van der Waals surface area (Å²) in [5.41, 5.74) is 4.96. The van der Waals surface area contributed by atoms with Gasteiger partial charge >= 0.3 is 0 Å². The molecule has 0 bridgehead atoms. The molecule has 1 unspecified atom stereocenters. The lowest BCUT2D eigenvalue weighted by molar-refractivity contribution is 0.00661. The van der Waals surface area contributed by atoms with Gasteiger partial charge in [-0.1, -0.05) is 0 Å². The van der Waals surface area contributed by atoms with Crippen LogP contribution in [-0.4, -0.2) is 22.3 Å². The van der Waals surface area contributed by atoms with Crippen molar-refractivity contribution in [2.75, 3.05) is 6.61 Å². The highest BCUT2D eigenvalue weighted by atomic mass is 16.5. The minimum atomic E-state index is 0.359. The zero-order chi connectivity index (χ0) is 12.5. The number of rotatable bonds is 2. The second kappa shape index (κ2) is 4.73. The van der Waals surface area contributed by atoms with E-state index in [0.29, 0.717) is 6.10 Å². The Hall–Kier alpha value is -1.35. The minimum absolute atomic E-state index is 0.359. The van der Waals surface area contributed by atoms with Crippen LogP contribution in [0, 0.1) is 13.8 Å². The monoisotopic (exact) mass is 244 g/mol. The SMILES string of the molecule is Cc1cc2ncn(CC3CCCCO3)c2cc1C. The van der Waals surface area contributed by atoms with Gasteiger partial charge in [0.15, 0.2) is 0 Å². The number of benzene rings is 1. The molecule has 1 aliphatic heterocycles. The van der Waals surface area contributed by atoms with Gasteiger partial charge in [0.1, 0.15) is 0 Å². The van der Waals surface area contributed by atoms with E-state index in [-0.39, 0.29) is 0 Å². The molecule has 1 aromatic heterocycles. The van der Waals surface area contributed by atoms with Gasteiger partial charge in [-0.15, -0.1) is 0 Å². The van der Waals surface area contributed by atoms with Crippen molar-refractivity contribution < 1.29 is 4.74 Å². The van der Waals surface area contributed by atoms with Gasteiger partial charge in [0.05, 0.1) is 30.0 Å². The number of hydrogen-bond acceptors (Lipinski definition) is 2. The van der Waals surface area contributed by atoms with Gasteiger partial charge in [-0.05, 0) is 56.4 Å². The maximum absolute atomic E-state index is 5.81. The van der Waals surface area contributed by atoms with Crippen LogP contribution >= 0.6 is 0 Å². The predicted octanol–water partition coefficient (Wildman–Crippen LogP) is 3.22. The molecule has 1 saturated heterocycles. The normalized spacial score (nSPS) is 20.4. The van der Waals surface area contributed by atoms with Crippen LogP contribution in [0.4, 0.5) is 0 Å². The van der Waals surface area contributed by atoms with E-state index in [1.165, 1.54) is 35.9 Å². The van der Waals surface area contributed by atoms with Crippen LogP contribution in [0.1, 0.15) is 30.4 Å². The van der Waals surface area contributed by atoms with E-state index in [1.54, 1.807) is 0 Å². The summed E-state index contributed by atoms with van der Waals surface area (Å²) in [6.07, 6.45) is 5.97. The van der Waals surface area contributed by atoms with Crippen molar-refractivity contribution in [3.63, 3.8) is 0 Å². The zero-order valence-electron chi connectivity index (χ0n) is 11.1. The van der Waals surface area contributed by atoms with Crippen molar-refractivity contribution in [2.24, 2.45) is 0 Å². The molecule has 0 N–H and O–H groups in total. The van der Waals surface area contributed by atoms with Gasteiger partial charge in [-0.25, -0.2) is 4.98 Å². The maximum atomic E-state index is 5.81. The average Bonchev–Trinajstić information content (AvgIpc) is 2.74. The third kappa shape index (κ3) is 2.15. The Labute approximate surface area is 108 Å². The van der Waals surface area contributed by atoms with E-state index >= 15 is 0 Å². The Balaban J connectivity index is 1.89. The maximum Gasteiger partial charge on any atom is 0.0959 e. The number of nitrogens with zero attached hydrogens (tertiary/aromatic N) is 2. The smallest absolute Gasteiger partial charge is 0.0959 e. The Kier molecular flexibility index (Phi) is 3.08. The fraction of sp³-hybridized carbons (Fsp3) is 0.533. The van der Waals surface area contributed by atoms with Crippen molar-refractivity contribution >= 4 is 11.0 Å². The largest absolute Gasteiger partial charge is 0.376 e. The van der Waals surface area contributed by atoms with Crippen molar-refractivity contribution in [1.82, 2.24) is 9.55 Å². The van der Waals surface area contributed by atoms with Crippen LogP contribution in [0.15, 0.2) is 18.5 Å². The molecule has 0 saturated carbocycles. The van der Waals surface area contributed by atoms with Gasteiger partial charge < -0.3 is 9.30 Å². The third-order valence-electron chi connectivity index (χ3n) is 3.91. The highest BCUT2D eigenvalue weighted by Crippen LogP contribution is 2.21. The molecule has 0 aliphatic carbocycles. The number of hydrogen-bond donors (Lipinski definition) is 0. The van der Waals surface area contributed by atoms with E-state index in [9.17, 15) is 0 Å². The summed E-state index contributed by atoms with van der Waals surface area (Å²) in [6, 6.07) is 4.41. The molecule has 0 radical (unpaired) electrons. The Morgan fingerprint density at radius 1 is 1.28 bits per heavy atom. The van der Waals surface area contributed by atoms with Crippen molar-refractivity contribution in [2.45, 2.75) is 45.8 Å². The second-order valence-corrected chi connectivity index (χ2v) is 5.31. The molecule has 1 fully saturated rings. The van der Waals surface area contributed by atoms with Crippen LogP contribution in [-0.2, 0) is 11.3 Å². The fourth-order valence-electron chi connectivity index (χ4n) is 2.63. The number of aryl methyl sites for hydroxylation is 2. The minimum Gasteiger partial charge on any atom is -0.376 e. The third-order valence-corrected chi connectivity index (χ3v) is 3.91. The predicted molar refractivity (Wildman–Crippen MR) is 72.8 cm³/mol. The Morgan fingerprint density at radius 3 is 2.89 bits per heavy atom. The van der Waals surface area contributed by atoms with Gasteiger partial charge in [0.2, 0.25) is 0 Å². The summed E-state index contributed by atoms with van der Waals surface area (Å²) in [7, 11) is 0. The van der Waals surface area contributed by atoms with Crippen LogP contribution in [0.25, 0.3) is 11.0 Å². The van der Waals surface area contributed by atoms with Gasteiger partial charge in [-0.2, -0.15) is 0 Å².